The largest absolute Gasteiger partial charge is 0.393 e. The van der Waals surface area contributed by atoms with E-state index in [0.717, 1.165) is 50.5 Å². The van der Waals surface area contributed by atoms with Crippen molar-refractivity contribution in [3.05, 3.63) is 53.1 Å². The van der Waals surface area contributed by atoms with Gasteiger partial charge in [0.05, 0.1) is 24.9 Å². The zero-order valence-electron chi connectivity index (χ0n) is 22.6. The maximum atomic E-state index is 12.3. The van der Waals surface area contributed by atoms with Crippen molar-refractivity contribution in [1.29, 1.82) is 0 Å². The van der Waals surface area contributed by atoms with Crippen LogP contribution in [-0.2, 0) is 9.47 Å². The molecule has 1 spiro atoms. The predicted octanol–water partition coefficient (Wildman–Crippen LogP) is 6.38. The van der Waals surface area contributed by atoms with Crippen molar-refractivity contribution >= 4 is 5.57 Å². The van der Waals surface area contributed by atoms with Crippen LogP contribution in [0.1, 0.15) is 96.1 Å². The first-order valence-electron chi connectivity index (χ1n) is 14.1. The molecule has 4 nitrogen and oxygen atoms in total. The molecule has 6 rings (SSSR count). The molecule has 0 bridgehead atoms. The van der Waals surface area contributed by atoms with Gasteiger partial charge in [-0.05, 0) is 79.4 Å². The molecule has 4 heteroatoms. The van der Waals surface area contributed by atoms with Crippen molar-refractivity contribution in [1.82, 2.24) is 0 Å². The number of hydrogen-bond acceptors (Lipinski definition) is 4. The molecular formula is C32H44O4. The van der Waals surface area contributed by atoms with Crippen LogP contribution in [0.25, 0.3) is 5.57 Å². The average Bonchev–Trinajstić information content (AvgIpc) is 3.14. The maximum absolute atomic E-state index is 12.3. The summed E-state index contributed by atoms with van der Waals surface area (Å²) in [6, 6.07) is 8.84. The number of rotatable bonds is 2. The minimum atomic E-state index is -0.874. The molecule has 0 amide bonds. The summed E-state index contributed by atoms with van der Waals surface area (Å²) in [5.74, 6) is 0.463. The number of hydrogen-bond donors (Lipinski definition) is 2. The normalized spacial score (nSPS) is 40.9. The van der Waals surface area contributed by atoms with Crippen molar-refractivity contribution in [2.45, 2.75) is 102 Å². The molecule has 4 unspecified atom stereocenters. The molecule has 0 radical (unpaired) electrons. The Morgan fingerprint density at radius 2 is 1.81 bits per heavy atom. The predicted molar refractivity (Wildman–Crippen MR) is 142 cm³/mol. The van der Waals surface area contributed by atoms with Crippen LogP contribution >= 0.6 is 0 Å². The third-order valence-electron chi connectivity index (χ3n) is 10.6. The molecule has 6 atom stereocenters. The summed E-state index contributed by atoms with van der Waals surface area (Å²) in [6.07, 6.45) is 6.57. The molecule has 2 N–H and O–H groups in total. The average molecular weight is 493 g/mol. The van der Waals surface area contributed by atoms with Gasteiger partial charge in [-0.3, -0.25) is 0 Å². The van der Waals surface area contributed by atoms with Gasteiger partial charge in [0.2, 0.25) is 0 Å². The van der Waals surface area contributed by atoms with Crippen LogP contribution in [0.5, 0.6) is 0 Å². The molecule has 36 heavy (non-hydrogen) atoms. The third kappa shape index (κ3) is 3.78. The van der Waals surface area contributed by atoms with Crippen LogP contribution in [-0.4, -0.2) is 40.9 Å². The molecule has 1 saturated heterocycles. The van der Waals surface area contributed by atoms with Gasteiger partial charge >= 0.3 is 0 Å². The summed E-state index contributed by atoms with van der Waals surface area (Å²) in [6.45, 7) is 14.3. The zero-order valence-corrected chi connectivity index (χ0v) is 22.6. The third-order valence-corrected chi connectivity index (χ3v) is 10.6. The minimum Gasteiger partial charge on any atom is -0.393 e. The van der Waals surface area contributed by atoms with E-state index in [0.29, 0.717) is 31.5 Å². The SMILES string of the molecule is C=C(C)c1cccc([C@H]2CC3(C)C(CC[C@@H]3O)C3CCC4(O)CC5(CCC4=C32)OCC(C)(C)CO5)c1. The van der Waals surface area contributed by atoms with Gasteiger partial charge in [0.25, 0.3) is 0 Å². The maximum Gasteiger partial charge on any atom is 0.171 e. The Hall–Kier alpha value is -1.46. The van der Waals surface area contributed by atoms with E-state index in [2.05, 4.69) is 58.5 Å². The van der Waals surface area contributed by atoms with E-state index in [-0.39, 0.29) is 22.9 Å². The summed E-state index contributed by atoms with van der Waals surface area (Å²) in [7, 11) is 0. The Morgan fingerprint density at radius 1 is 1.06 bits per heavy atom. The van der Waals surface area contributed by atoms with Gasteiger partial charge < -0.3 is 19.7 Å². The van der Waals surface area contributed by atoms with Gasteiger partial charge in [0, 0.05) is 24.2 Å². The van der Waals surface area contributed by atoms with Gasteiger partial charge in [-0.1, -0.05) is 62.8 Å². The highest BCUT2D eigenvalue weighted by molar-refractivity contribution is 5.62. The Bertz CT molecular complexity index is 1090. The lowest BCUT2D eigenvalue weighted by molar-refractivity contribution is -0.322. The highest BCUT2D eigenvalue weighted by Crippen LogP contribution is 2.65. The van der Waals surface area contributed by atoms with E-state index in [4.69, 9.17) is 9.47 Å². The molecule has 3 saturated carbocycles. The Kier molecular flexibility index (Phi) is 5.71. The number of ether oxygens (including phenoxy) is 2. The van der Waals surface area contributed by atoms with Gasteiger partial charge in [-0.2, -0.15) is 0 Å². The quantitative estimate of drug-likeness (QED) is 0.471. The molecule has 1 aromatic carbocycles. The molecular weight excluding hydrogens is 448 g/mol. The molecule has 5 aliphatic rings. The van der Waals surface area contributed by atoms with Crippen LogP contribution in [0.15, 0.2) is 42.0 Å². The Morgan fingerprint density at radius 3 is 2.53 bits per heavy atom. The first-order valence-corrected chi connectivity index (χ1v) is 14.1. The van der Waals surface area contributed by atoms with Crippen molar-refractivity contribution in [3.8, 4) is 0 Å². The second-order valence-electron chi connectivity index (χ2n) is 13.8. The summed E-state index contributed by atoms with van der Waals surface area (Å²) in [5, 5.41) is 23.4. The first kappa shape index (κ1) is 24.9. The first-order chi connectivity index (χ1) is 17.0. The van der Waals surface area contributed by atoms with Crippen molar-refractivity contribution in [2.24, 2.45) is 22.7 Å². The fourth-order valence-corrected chi connectivity index (χ4v) is 8.55. The molecule has 1 aliphatic heterocycles. The second kappa shape index (κ2) is 8.27. The highest BCUT2D eigenvalue weighted by atomic mass is 16.7. The molecule has 0 aromatic heterocycles. The van der Waals surface area contributed by atoms with E-state index in [1.165, 1.54) is 22.3 Å². The summed E-state index contributed by atoms with van der Waals surface area (Å²) in [5.41, 5.74) is 5.35. The standard InChI is InChI=1S/C32H44O4/c1-20(2)21-7-6-8-22(15-21)24-16-30(5)25(9-10-27(30)33)23-11-13-31(34)17-32(14-12-26(31)28(23)24)35-18-29(3,4)19-36-32/h6-8,15,23-25,27,33-34H,1,9-14,16-19H2,2-5H3/t23?,24-,25?,27+,30?,31?/m1/s1. The van der Waals surface area contributed by atoms with Crippen molar-refractivity contribution < 1.29 is 19.7 Å². The molecule has 196 valence electrons. The lowest BCUT2D eigenvalue weighted by Crippen LogP contribution is -2.57. The van der Waals surface area contributed by atoms with Crippen molar-refractivity contribution in [2.75, 3.05) is 13.2 Å². The smallest absolute Gasteiger partial charge is 0.171 e. The molecule has 4 fully saturated rings. The number of fused-ring (bicyclic) bond motifs is 4. The zero-order chi connectivity index (χ0) is 25.5. The number of benzene rings is 1. The molecule has 1 heterocycles. The van der Waals surface area contributed by atoms with Crippen LogP contribution < -0.4 is 0 Å². The minimum absolute atomic E-state index is 0.0147. The van der Waals surface area contributed by atoms with E-state index < -0.39 is 11.4 Å². The molecule has 1 aromatic rings. The topological polar surface area (TPSA) is 58.9 Å². The van der Waals surface area contributed by atoms with Gasteiger partial charge in [-0.25, -0.2) is 0 Å². The van der Waals surface area contributed by atoms with Gasteiger partial charge in [-0.15, -0.1) is 0 Å². The number of aliphatic hydroxyl groups is 2. The Balaban J connectivity index is 1.43. The van der Waals surface area contributed by atoms with Crippen LogP contribution in [0.4, 0.5) is 0 Å². The van der Waals surface area contributed by atoms with Crippen LogP contribution in [0.3, 0.4) is 0 Å². The summed E-state index contributed by atoms with van der Waals surface area (Å²) >= 11 is 0. The van der Waals surface area contributed by atoms with E-state index >= 15 is 0 Å². The number of aliphatic hydroxyl groups excluding tert-OH is 1. The number of allylic oxidation sites excluding steroid dienone is 2. The van der Waals surface area contributed by atoms with E-state index in [9.17, 15) is 10.2 Å². The van der Waals surface area contributed by atoms with Gasteiger partial charge in [0.15, 0.2) is 5.79 Å². The van der Waals surface area contributed by atoms with E-state index in [1.54, 1.807) is 0 Å². The second-order valence-corrected chi connectivity index (χ2v) is 13.8. The van der Waals surface area contributed by atoms with Crippen LogP contribution in [0.2, 0.25) is 0 Å². The fourth-order valence-electron chi connectivity index (χ4n) is 8.55. The monoisotopic (exact) mass is 492 g/mol. The van der Waals surface area contributed by atoms with Crippen molar-refractivity contribution in [3.63, 3.8) is 0 Å². The summed E-state index contributed by atoms with van der Waals surface area (Å²) in [4.78, 5) is 0. The van der Waals surface area contributed by atoms with Gasteiger partial charge in [0.1, 0.15) is 0 Å². The molecule has 4 aliphatic carbocycles. The summed E-state index contributed by atoms with van der Waals surface area (Å²) < 4.78 is 12.8. The van der Waals surface area contributed by atoms with E-state index in [1.807, 2.05) is 0 Å². The highest BCUT2D eigenvalue weighted by Gasteiger charge is 2.60. The Labute approximate surface area is 216 Å². The fraction of sp³-hybridized carbons (Fsp3) is 0.688. The lowest BCUT2D eigenvalue weighted by Gasteiger charge is -2.57. The van der Waals surface area contributed by atoms with Crippen LogP contribution in [0, 0.1) is 22.7 Å². The lowest BCUT2D eigenvalue weighted by atomic mass is 9.51.